The molecule has 2 aliphatic rings. The van der Waals surface area contributed by atoms with Gasteiger partial charge in [-0.15, -0.1) is 0 Å². The zero-order valence-corrected chi connectivity index (χ0v) is 15.1. The number of nitrogens with zero attached hydrogens (tertiary/aromatic N) is 1. The van der Waals surface area contributed by atoms with Crippen LogP contribution in [0.15, 0.2) is 16.9 Å². The van der Waals surface area contributed by atoms with Crippen molar-refractivity contribution in [3.05, 3.63) is 34.1 Å². The molecule has 2 aliphatic heterocycles. The van der Waals surface area contributed by atoms with E-state index in [1.807, 2.05) is 0 Å². The van der Waals surface area contributed by atoms with Gasteiger partial charge >= 0.3 is 0 Å². The number of ether oxygens (including phenoxy) is 3. The van der Waals surface area contributed by atoms with Gasteiger partial charge in [0.25, 0.3) is 5.56 Å². The maximum atomic E-state index is 14.4. The first kappa shape index (κ1) is 17.8. The largest absolute Gasteiger partial charge is 0.493 e. The number of hydrogen-bond acceptors (Lipinski definition) is 6. The van der Waals surface area contributed by atoms with Crippen LogP contribution < -0.4 is 10.3 Å². The van der Waals surface area contributed by atoms with Crippen molar-refractivity contribution in [2.75, 3.05) is 33.0 Å². The minimum Gasteiger partial charge on any atom is -0.493 e. The lowest BCUT2D eigenvalue weighted by atomic mass is 10.1. The molecule has 1 aromatic heterocycles. The van der Waals surface area contributed by atoms with Crippen LogP contribution in [0.25, 0.3) is 10.9 Å². The smallest absolute Gasteiger partial charge is 0.261 e. The zero-order valence-electron chi connectivity index (χ0n) is 14.3. The van der Waals surface area contributed by atoms with Gasteiger partial charge in [-0.2, -0.15) is 11.8 Å². The van der Waals surface area contributed by atoms with Crippen molar-refractivity contribution in [3.63, 3.8) is 0 Å². The number of hydrogen-bond donors (Lipinski definition) is 1. The van der Waals surface area contributed by atoms with E-state index in [1.165, 1.54) is 6.07 Å². The molecule has 140 valence electrons. The van der Waals surface area contributed by atoms with Crippen LogP contribution in [0.4, 0.5) is 4.39 Å². The number of aromatic amines is 1. The highest BCUT2D eigenvalue weighted by molar-refractivity contribution is 7.99. The molecule has 0 amide bonds. The number of rotatable bonds is 6. The lowest BCUT2D eigenvalue weighted by molar-refractivity contribution is -0.0508. The van der Waals surface area contributed by atoms with Gasteiger partial charge in [0.2, 0.25) is 0 Å². The van der Waals surface area contributed by atoms with E-state index in [0.29, 0.717) is 53.8 Å². The van der Waals surface area contributed by atoms with E-state index in [1.54, 1.807) is 17.8 Å². The van der Waals surface area contributed by atoms with Crippen molar-refractivity contribution in [1.29, 1.82) is 0 Å². The van der Waals surface area contributed by atoms with Gasteiger partial charge in [0.15, 0.2) is 0 Å². The molecule has 2 fully saturated rings. The van der Waals surface area contributed by atoms with Gasteiger partial charge in [-0.25, -0.2) is 9.37 Å². The summed E-state index contributed by atoms with van der Waals surface area (Å²) in [7, 11) is 0. The molecular formula is C18H21FN2O4S. The summed E-state index contributed by atoms with van der Waals surface area (Å²) in [5, 5.41) is 0.477. The Morgan fingerprint density at radius 1 is 1.27 bits per heavy atom. The third-order valence-corrected chi connectivity index (χ3v) is 5.98. The Kier molecular flexibility index (Phi) is 5.42. The Bertz CT molecular complexity index is 834. The standard InChI is InChI=1S/C18H21FN2O4S/c19-14-5-12(25-9-11-7-24-8-11)6-15-17(14)18(22)21-16(20-15)10-26-13-1-3-23-4-2-13/h5-6,11,13H,1-4,7-10H2,(H,20,21,22). The highest BCUT2D eigenvalue weighted by atomic mass is 32.2. The van der Waals surface area contributed by atoms with Gasteiger partial charge < -0.3 is 19.2 Å². The summed E-state index contributed by atoms with van der Waals surface area (Å²) in [5.41, 5.74) is -0.120. The van der Waals surface area contributed by atoms with Crippen LogP contribution in [-0.4, -0.2) is 48.3 Å². The predicted molar refractivity (Wildman–Crippen MR) is 97.3 cm³/mol. The third-order valence-electron chi connectivity index (χ3n) is 4.60. The number of halogens is 1. The molecule has 0 radical (unpaired) electrons. The van der Waals surface area contributed by atoms with E-state index < -0.39 is 11.4 Å². The molecule has 0 bridgehead atoms. The van der Waals surface area contributed by atoms with E-state index in [0.717, 1.165) is 26.1 Å². The second-order valence-corrected chi connectivity index (χ2v) is 7.94. The van der Waals surface area contributed by atoms with Crippen LogP contribution in [0.3, 0.4) is 0 Å². The minimum atomic E-state index is -0.611. The summed E-state index contributed by atoms with van der Waals surface area (Å²) < 4.78 is 30.5. The maximum Gasteiger partial charge on any atom is 0.261 e. The van der Waals surface area contributed by atoms with Gasteiger partial charge in [0.05, 0.1) is 31.1 Å². The monoisotopic (exact) mass is 380 g/mol. The minimum absolute atomic E-state index is 0.0239. The Balaban J connectivity index is 1.51. The van der Waals surface area contributed by atoms with E-state index >= 15 is 0 Å². The summed E-state index contributed by atoms with van der Waals surface area (Å²) in [6, 6.07) is 2.88. The highest BCUT2D eigenvalue weighted by Gasteiger charge is 2.20. The summed E-state index contributed by atoms with van der Waals surface area (Å²) in [4.78, 5) is 19.4. The molecule has 26 heavy (non-hydrogen) atoms. The maximum absolute atomic E-state index is 14.4. The van der Waals surface area contributed by atoms with Crippen LogP contribution in [0.5, 0.6) is 5.75 Å². The fourth-order valence-electron chi connectivity index (χ4n) is 3.03. The van der Waals surface area contributed by atoms with Crippen molar-refractivity contribution in [2.24, 2.45) is 5.92 Å². The Hall–Kier alpha value is -1.64. The molecule has 6 nitrogen and oxygen atoms in total. The first-order chi connectivity index (χ1) is 12.7. The number of thioether (sulfide) groups is 1. The lowest BCUT2D eigenvalue weighted by Crippen LogP contribution is -2.32. The molecule has 4 rings (SSSR count). The molecule has 0 aliphatic carbocycles. The molecule has 8 heteroatoms. The van der Waals surface area contributed by atoms with Crippen LogP contribution in [0.2, 0.25) is 0 Å². The second kappa shape index (κ2) is 7.94. The van der Waals surface area contributed by atoms with Gasteiger partial charge in [0.1, 0.15) is 22.8 Å². The molecule has 3 heterocycles. The molecule has 0 spiro atoms. The molecule has 2 aromatic rings. The lowest BCUT2D eigenvalue weighted by Gasteiger charge is -2.25. The molecule has 1 N–H and O–H groups in total. The van der Waals surface area contributed by atoms with Crippen molar-refractivity contribution < 1.29 is 18.6 Å². The fourth-order valence-corrected chi connectivity index (χ4v) is 4.09. The Labute approximate surface area is 154 Å². The predicted octanol–water partition coefficient (Wildman–Crippen LogP) is 2.50. The van der Waals surface area contributed by atoms with Crippen molar-refractivity contribution in [2.45, 2.75) is 23.8 Å². The first-order valence-corrected chi connectivity index (χ1v) is 9.86. The topological polar surface area (TPSA) is 73.4 Å². The van der Waals surface area contributed by atoms with Crippen LogP contribution in [-0.2, 0) is 15.2 Å². The molecular weight excluding hydrogens is 359 g/mol. The fraction of sp³-hybridized carbons (Fsp3) is 0.556. The molecule has 1 aromatic carbocycles. The number of aromatic nitrogens is 2. The van der Waals surface area contributed by atoms with Crippen molar-refractivity contribution >= 4 is 22.7 Å². The van der Waals surface area contributed by atoms with Crippen LogP contribution in [0, 0.1) is 11.7 Å². The average Bonchev–Trinajstić information content (AvgIpc) is 2.59. The van der Waals surface area contributed by atoms with Crippen molar-refractivity contribution in [3.8, 4) is 5.75 Å². The van der Waals surface area contributed by atoms with Gasteiger partial charge in [0, 0.05) is 36.5 Å². The second-order valence-electron chi connectivity index (χ2n) is 6.65. The first-order valence-electron chi connectivity index (χ1n) is 8.81. The number of fused-ring (bicyclic) bond motifs is 1. The van der Waals surface area contributed by atoms with Gasteiger partial charge in [-0.05, 0) is 12.8 Å². The van der Waals surface area contributed by atoms with Crippen LogP contribution in [0.1, 0.15) is 18.7 Å². The number of H-pyrrole nitrogens is 1. The molecule has 2 saturated heterocycles. The van der Waals surface area contributed by atoms with E-state index in [4.69, 9.17) is 14.2 Å². The van der Waals surface area contributed by atoms with Gasteiger partial charge in [-0.1, -0.05) is 0 Å². The van der Waals surface area contributed by atoms with E-state index in [2.05, 4.69) is 9.97 Å². The van der Waals surface area contributed by atoms with E-state index in [9.17, 15) is 9.18 Å². The third kappa shape index (κ3) is 4.02. The van der Waals surface area contributed by atoms with Gasteiger partial charge in [-0.3, -0.25) is 4.79 Å². The zero-order chi connectivity index (χ0) is 17.9. The Morgan fingerprint density at radius 3 is 2.81 bits per heavy atom. The number of nitrogens with one attached hydrogen (secondary N) is 1. The summed E-state index contributed by atoms with van der Waals surface area (Å²) in [5.74, 6) is 1.26. The normalized spacial score (nSPS) is 18.8. The summed E-state index contributed by atoms with van der Waals surface area (Å²) >= 11 is 1.75. The SMILES string of the molecule is O=c1[nH]c(CSC2CCOCC2)nc2cc(OCC3COC3)cc(F)c12. The van der Waals surface area contributed by atoms with Crippen molar-refractivity contribution in [1.82, 2.24) is 9.97 Å². The quantitative estimate of drug-likeness (QED) is 0.830. The summed E-state index contributed by atoms with van der Waals surface area (Å²) in [6.45, 7) is 3.36. The number of benzene rings is 1. The molecule has 0 atom stereocenters. The Morgan fingerprint density at radius 2 is 2.08 bits per heavy atom. The highest BCUT2D eigenvalue weighted by Crippen LogP contribution is 2.26. The van der Waals surface area contributed by atoms with Crippen LogP contribution >= 0.6 is 11.8 Å². The summed E-state index contributed by atoms with van der Waals surface area (Å²) in [6.07, 6.45) is 2.00. The molecule has 0 saturated carbocycles. The average molecular weight is 380 g/mol. The molecule has 0 unspecified atom stereocenters. The van der Waals surface area contributed by atoms with E-state index in [-0.39, 0.29) is 5.39 Å².